The molecule has 7 heteroatoms. The van der Waals surface area contributed by atoms with E-state index in [-0.39, 0.29) is 18.8 Å². The summed E-state index contributed by atoms with van der Waals surface area (Å²) in [6.45, 7) is 1.52. The smallest absolute Gasteiger partial charge is 0.309 e. The Morgan fingerprint density at radius 1 is 1.09 bits per heavy atom. The van der Waals surface area contributed by atoms with Gasteiger partial charge in [0.05, 0.1) is 13.0 Å². The van der Waals surface area contributed by atoms with Gasteiger partial charge in [0.2, 0.25) is 6.79 Å². The fourth-order valence-electron chi connectivity index (χ4n) is 4.94. The van der Waals surface area contributed by atoms with Crippen LogP contribution in [-0.2, 0) is 11.2 Å². The number of hydrogen-bond donors (Lipinski definition) is 1. The quantitative estimate of drug-likeness (QED) is 0.589. The van der Waals surface area contributed by atoms with Gasteiger partial charge in [-0.1, -0.05) is 24.3 Å². The van der Waals surface area contributed by atoms with Crippen molar-refractivity contribution in [1.82, 2.24) is 9.88 Å². The van der Waals surface area contributed by atoms with Crippen LogP contribution in [0.5, 0.6) is 17.2 Å². The SMILES string of the molecule is COc1ccc([C@@H]2[C@@H](C(=O)O)C(c3ccc4c(c3)OCO4)CN2CCc2ccccn2)cc1. The number of carboxylic acid groups (broad SMARTS) is 1. The minimum absolute atomic E-state index is 0.187. The Labute approximate surface area is 192 Å². The van der Waals surface area contributed by atoms with Gasteiger partial charge in [-0.2, -0.15) is 0 Å². The van der Waals surface area contributed by atoms with E-state index in [2.05, 4.69) is 9.88 Å². The molecule has 1 saturated heterocycles. The average Bonchev–Trinajstić information content (AvgIpc) is 3.47. The topological polar surface area (TPSA) is 81.1 Å². The predicted molar refractivity (Wildman–Crippen MR) is 122 cm³/mol. The molecule has 3 heterocycles. The minimum Gasteiger partial charge on any atom is -0.497 e. The van der Waals surface area contributed by atoms with Crippen molar-refractivity contribution >= 4 is 5.97 Å². The number of aromatic nitrogens is 1. The first-order valence-corrected chi connectivity index (χ1v) is 11.0. The summed E-state index contributed by atoms with van der Waals surface area (Å²) >= 11 is 0. The average molecular weight is 447 g/mol. The summed E-state index contributed by atoms with van der Waals surface area (Å²) in [6.07, 6.45) is 2.53. The molecular formula is C26H26N2O5. The summed E-state index contributed by atoms with van der Waals surface area (Å²) in [4.78, 5) is 19.3. The van der Waals surface area contributed by atoms with E-state index in [1.165, 1.54) is 0 Å². The number of likely N-dealkylation sites (tertiary alicyclic amines) is 1. The Kier molecular flexibility index (Phi) is 5.88. The highest BCUT2D eigenvalue weighted by Gasteiger charge is 2.47. The molecule has 0 saturated carbocycles. The van der Waals surface area contributed by atoms with E-state index in [1.54, 1.807) is 13.3 Å². The van der Waals surface area contributed by atoms with Crippen molar-refractivity contribution in [2.45, 2.75) is 18.4 Å². The van der Waals surface area contributed by atoms with Gasteiger partial charge in [0.1, 0.15) is 5.75 Å². The first-order chi connectivity index (χ1) is 16.1. The molecule has 170 valence electrons. The van der Waals surface area contributed by atoms with Gasteiger partial charge < -0.3 is 19.3 Å². The monoisotopic (exact) mass is 446 g/mol. The van der Waals surface area contributed by atoms with Crippen molar-refractivity contribution in [1.29, 1.82) is 0 Å². The summed E-state index contributed by atoms with van der Waals surface area (Å²) < 4.78 is 16.3. The van der Waals surface area contributed by atoms with Gasteiger partial charge in [0, 0.05) is 43.4 Å². The molecule has 0 spiro atoms. The van der Waals surface area contributed by atoms with Crippen LogP contribution in [0, 0.1) is 5.92 Å². The van der Waals surface area contributed by atoms with Crippen LogP contribution < -0.4 is 14.2 Å². The summed E-state index contributed by atoms with van der Waals surface area (Å²) in [5.74, 6) is 0.511. The summed E-state index contributed by atoms with van der Waals surface area (Å²) in [7, 11) is 1.62. The van der Waals surface area contributed by atoms with E-state index in [0.717, 1.165) is 29.0 Å². The van der Waals surface area contributed by atoms with E-state index < -0.39 is 11.9 Å². The number of hydrogen-bond acceptors (Lipinski definition) is 6. The molecule has 0 amide bonds. The fraction of sp³-hybridized carbons (Fsp3) is 0.308. The van der Waals surface area contributed by atoms with Crippen molar-refractivity contribution in [2.24, 2.45) is 5.92 Å². The van der Waals surface area contributed by atoms with Crippen molar-refractivity contribution in [3.8, 4) is 17.2 Å². The van der Waals surface area contributed by atoms with Crippen LogP contribution in [0.3, 0.4) is 0 Å². The Morgan fingerprint density at radius 2 is 1.88 bits per heavy atom. The lowest BCUT2D eigenvalue weighted by molar-refractivity contribution is -0.143. The third-order valence-electron chi connectivity index (χ3n) is 6.55. The number of aliphatic carboxylic acids is 1. The minimum atomic E-state index is -0.807. The number of carboxylic acids is 1. The van der Waals surface area contributed by atoms with Gasteiger partial charge in [-0.25, -0.2) is 0 Å². The second kappa shape index (κ2) is 9.11. The van der Waals surface area contributed by atoms with Crippen molar-refractivity contribution < 1.29 is 24.1 Å². The molecule has 1 unspecified atom stereocenters. The molecule has 5 rings (SSSR count). The molecule has 7 nitrogen and oxygen atoms in total. The highest BCUT2D eigenvalue weighted by molar-refractivity contribution is 5.74. The maximum atomic E-state index is 12.6. The van der Waals surface area contributed by atoms with Gasteiger partial charge in [-0.15, -0.1) is 0 Å². The number of carbonyl (C=O) groups is 1. The number of rotatable bonds is 7. The molecule has 0 radical (unpaired) electrons. The lowest BCUT2D eigenvalue weighted by Crippen LogP contribution is -2.30. The van der Waals surface area contributed by atoms with Crippen LogP contribution in [-0.4, -0.2) is 48.0 Å². The zero-order valence-electron chi connectivity index (χ0n) is 18.4. The lowest BCUT2D eigenvalue weighted by atomic mass is 9.82. The van der Waals surface area contributed by atoms with E-state index in [0.29, 0.717) is 24.6 Å². The fourth-order valence-corrected chi connectivity index (χ4v) is 4.94. The zero-order chi connectivity index (χ0) is 22.8. The largest absolute Gasteiger partial charge is 0.497 e. The number of nitrogens with zero attached hydrogens (tertiary/aromatic N) is 2. The first kappa shape index (κ1) is 21.3. The molecule has 0 bridgehead atoms. The molecule has 1 aromatic heterocycles. The van der Waals surface area contributed by atoms with Gasteiger partial charge in [0.25, 0.3) is 0 Å². The Morgan fingerprint density at radius 3 is 2.61 bits per heavy atom. The molecule has 3 atom stereocenters. The van der Waals surface area contributed by atoms with Crippen LogP contribution in [0.1, 0.15) is 28.8 Å². The summed E-state index contributed by atoms with van der Waals surface area (Å²) in [5.41, 5.74) is 2.90. The molecule has 2 aromatic carbocycles. The number of methoxy groups -OCH3 is 1. The summed E-state index contributed by atoms with van der Waals surface area (Å²) in [6, 6.07) is 19.1. The molecule has 1 N–H and O–H groups in total. The Balaban J connectivity index is 1.49. The standard InChI is InChI=1S/C26H26N2O5/c1-31-20-8-5-17(6-9-20)25-24(26(29)30)21(18-7-10-22-23(14-18)33-16-32-22)15-28(25)13-11-19-4-2-3-12-27-19/h2-10,12,14,21,24-25H,11,13,15-16H2,1H3,(H,29,30)/t21?,24-,25+/m0/s1. The van der Waals surface area contributed by atoms with Gasteiger partial charge >= 0.3 is 5.97 Å². The maximum Gasteiger partial charge on any atom is 0.309 e. The number of ether oxygens (including phenoxy) is 3. The van der Waals surface area contributed by atoms with Crippen LogP contribution in [0.4, 0.5) is 0 Å². The van der Waals surface area contributed by atoms with Crippen LogP contribution in [0.2, 0.25) is 0 Å². The van der Waals surface area contributed by atoms with Crippen molar-refractivity contribution in [2.75, 3.05) is 27.0 Å². The molecule has 2 aliphatic rings. The van der Waals surface area contributed by atoms with Crippen LogP contribution in [0.25, 0.3) is 0 Å². The second-order valence-corrected chi connectivity index (χ2v) is 8.37. The molecular weight excluding hydrogens is 420 g/mol. The highest BCUT2D eigenvalue weighted by atomic mass is 16.7. The van der Waals surface area contributed by atoms with Crippen LogP contribution >= 0.6 is 0 Å². The third-order valence-corrected chi connectivity index (χ3v) is 6.55. The predicted octanol–water partition coefficient (Wildman–Crippen LogP) is 3.90. The molecule has 1 fully saturated rings. The van der Waals surface area contributed by atoms with Crippen molar-refractivity contribution in [3.63, 3.8) is 0 Å². The number of benzene rings is 2. The molecule has 33 heavy (non-hydrogen) atoms. The number of pyridine rings is 1. The van der Waals surface area contributed by atoms with Gasteiger partial charge in [0.15, 0.2) is 11.5 Å². The van der Waals surface area contributed by atoms with E-state index in [9.17, 15) is 9.90 Å². The van der Waals surface area contributed by atoms with E-state index in [4.69, 9.17) is 14.2 Å². The third kappa shape index (κ3) is 4.24. The molecule has 0 aliphatic carbocycles. The van der Waals surface area contributed by atoms with Gasteiger partial charge in [-0.3, -0.25) is 14.7 Å². The highest BCUT2D eigenvalue weighted by Crippen LogP contribution is 2.47. The summed E-state index contributed by atoms with van der Waals surface area (Å²) in [5, 5.41) is 10.4. The normalized spacial score (nSPS) is 21.8. The second-order valence-electron chi connectivity index (χ2n) is 8.37. The van der Waals surface area contributed by atoms with Gasteiger partial charge in [-0.05, 0) is 47.5 Å². The zero-order valence-corrected chi connectivity index (χ0v) is 18.4. The Hall–Kier alpha value is -3.58. The van der Waals surface area contributed by atoms with Crippen molar-refractivity contribution in [3.05, 3.63) is 83.7 Å². The molecule has 2 aliphatic heterocycles. The molecule has 3 aromatic rings. The lowest BCUT2D eigenvalue weighted by Gasteiger charge is -2.27. The first-order valence-electron chi connectivity index (χ1n) is 11.0. The maximum absolute atomic E-state index is 12.6. The van der Waals surface area contributed by atoms with E-state index >= 15 is 0 Å². The number of fused-ring (bicyclic) bond motifs is 1. The van der Waals surface area contributed by atoms with E-state index in [1.807, 2.05) is 60.7 Å². The van der Waals surface area contributed by atoms with Crippen LogP contribution in [0.15, 0.2) is 66.9 Å². The Bertz CT molecular complexity index is 1120.